The Morgan fingerprint density at radius 3 is 2.50 bits per heavy atom. The average Bonchev–Trinajstić information content (AvgIpc) is 3.36. The molecule has 4 rings (SSSR count). The number of benzene rings is 2. The lowest BCUT2D eigenvalue weighted by atomic mass is 10.1. The maximum absolute atomic E-state index is 13.0. The normalized spacial score (nSPS) is 11.9. The molecule has 1 N–H and O–H groups in total. The van der Waals surface area contributed by atoms with Crippen LogP contribution in [0.15, 0.2) is 76.4 Å². The van der Waals surface area contributed by atoms with Crippen LogP contribution in [0.4, 0.5) is 5.82 Å². The summed E-state index contributed by atoms with van der Waals surface area (Å²) in [6.45, 7) is 1.76. The first-order chi connectivity index (χ1) is 13.7. The van der Waals surface area contributed by atoms with Crippen molar-refractivity contribution in [3.8, 4) is 5.69 Å². The fourth-order valence-corrected chi connectivity index (χ4v) is 3.60. The third-order valence-corrected chi connectivity index (χ3v) is 5.07. The van der Waals surface area contributed by atoms with E-state index in [1.807, 2.05) is 60.7 Å². The number of para-hydroxylation sites is 1. The molecule has 1 unspecified atom stereocenters. The number of carbonyl (C=O) groups is 1. The van der Waals surface area contributed by atoms with Gasteiger partial charge in [-0.1, -0.05) is 65.4 Å². The van der Waals surface area contributed by atoms with Crippen molar-refractivity contribution in [3.63, 3.8) is 0 Å². The van der Waals surface area contributed by atoms with Crippen LogP contribution in [-0.4, -0.2) is 31.3 Å². The van der Waals surface area contributed by atoms with Crippen LogP contribution < -0.4 is 5.32 Å². The predicted molar refractivity (Wildman–Crippen MR) is 104 cm³/mol. The topological polar surface area (TPSA) is 98.7 Å². The molecule has 0 aliphatic rings. The lowest BCUT2D eigenvalue weighted by molar-refractivity contribution is -0.115. The highest BCUT2D eigenvalue weighted by Crippen LogP contribution is 2.35. The second-order valence-electron chi connectivity index (χ2n) is 5.93. The Morgan fingerprint density at radius 1 is 1.11 bits per heavy atom. The molecule has 28 heavy (non-hydrogen) atoms. The van der Waals surface area contributed by atoms with E-state index >= 15 is 0 Å². The number of aromatic nitrogens is 5. The number of aryl methyl sites for hydroxylation is 1. The van der Waals surface area contributed by atoms with Gasteiger partial charge in [0, 0.05) is 6.07 Å². The van der Waals surface area contributed by atoms with E-state index in [2.05, 4.69) is 26.0 Å². The van der Waals surface area contributed by atoms with Crippen LogP contribution in [0.3, 0.4) is 0 Å². The van der Waals surface area contributed by atoms with Crippen molar-refractivity contribution in [2.24, 2.45) is 0 Å². The lowest BCUT2D eigenvalue weighted by Gasteiger charge is -2.15. The van der Waals surface area contributed by atoms with Gasteiger partial charge < -0.3 is 9.84 Å². The zero-order valence-electron chi connectivity index (χ0n) is 14.9. The van der Waals surface area contributed by atoms with Crippen LogP contribution in [0.2, 0.25) is 0 Å². The van der Waals surface area contributed by atoms with Crippen LogP contribution in [0.5, 0.6) is 0 Å². The van der Waals surface area contributed by atoms with Crippen molar-refractivity contribution in [1.82, 2.24) is 25.4 Å². The summed E-state index contributed by atoms with van der Waals surface area (Å²) in [7, 11) is 0. The van der Waals surface area contributed by atoms with Gasteiger partial charge in [0.15, 0.2) is 5.82 Å². The molecule has 2 aromatic heterocycles. The van der Waals surface area contributed by atoms with Gasteiger partial charge in [0.2, 0.25) is 11.1 Å². The number of hydrogen-bond acceptors (Lipinski definition) is 7. The molecule has 0 aliphatic carbocycles. The van der Waals surface area contributed by atoms with Crippen molar-refractivity contribution in [3.05, 3.63) is 78.1 Å². The quantitative estimate of drug-likeness (QED) is 0.502. The fraction of sp³-hybridized carbons (Fsp3) is 0.105. The number of rotatable bonds is 6. The summed E-state index contributed by atoms with van der Waals surface area (Å²) >= 11 is 1.26. The van der Waals surface area contributed by atoms with Gasteiger partial charge in [-0.25, -0.2) is 0 Å². The van der Waals surface area contributed by atoms with Gasteiger partial charge in [-0.05, 0) is 35.0 Å². The molecule has 1 atom stereocenters. The van der Waals surface area contributed by atoms with Crippen molar-refractivity contribution in [2.75, 3.05) is 5.32 Å². The van der Waals surface area contributed by atoms with Gasteiger partial charge in [-0.2, -0.15) is 4.68 Å². The molecule has 2 aromatic carbocycles. The van der Waals surface area contributed by atoms with Crippen molar-refractivity contribution in [2.45, 2.75) is 17.3 Å². The first kappa shape index (κ1) is 17.9. The summed E-state index contributed by atoms with van der Waals surface area (Å²) in [5.41, 5.74) is 1.64. The highest BCUT2D eigenvalue weighted by Gasteiger charge is 2.26. The summed E-state index contributed by atoms with van der Waals surface area (Å²) in [4.78, 5) is 13.0. The van der Waals surface area contributed by atoms with Gasteiger partial charge in [0.25, 0.3) is 0 Å². The van der Waals surface area contributed by atoms with E-state index in [9.17, 15) is 4.79 Å². The monoisotopic (exact) mass is 392 g/mol. The second kappa shape index (κ2) is 8.05. The van der Waals surface area contributed by atoms with Gasteiger partial charge in [-0.15, -0.1) is 5.10 Å². The number of nitrogens with one attached hydrogen (secondary N) is 1. The number of nitrogens with zero attached hydrogens (tertiary/aromatic N) is 5. The molecule has 0 spiro atoms. The average molecular weight is 392 g/mol. The van der Waals surface area contributed by atoms with Crippen LogP contribution in [0.25, 0.3) is 5.69 Å². The zero-order chi connectivity index (χ0) is 19.3. The van der Waals surface area contributed by atoms with Crippen molar-refractivity contribution < 1.29 is 9.32 Å². The molecule has 0 radical (unpaired) electrons. The molecule has 0 fully saturated rings. The Bertz CT molecular complexity index is 1060. The summed E-state index contributed by atoms with van der Waals surface area (Å²) in [5, 5.41) is 18.5. The van der Waals surface area contributed by atoms with E-state index in [4.69, 9.17) is 4.52 Å². The number of tetrazole rings is 1. The van der Waals surface area contributed by atoms with E-state index in [0.29, 0.717) is 16.7 Å². The zero-order valence-corrected chi connectivity index (χ0v) is 15.7. The highest BCUT2D eigenvalue weighted by atomic mass is 32.2. The number of carbonyl (C=O) groups excluding carboxylic acids is 1. The third kappa shape index (κ3) is 3.94. The summed E-state index contributed by atoms with van der Waals surface area (Å²) < 4.78 is 6.63. The lowest BCUT2D eigenvalue weighted by Crippen LogP contribution is -2.19. The Hall–Kier alpha value is -3.46. The maximum atomic E-state index is 13.0. The summed E-state index contributed by atoms with van der Waals surface area (Å²) in [6, 6.07) is 20.6. The smallest absolute Gasteiger partial charge is 0.243 e. The molecule has 0 saturated carbocycles. The van der Waals surface area contributed by atoms with E-state index < -0.39 is 5.25 Å². The number of amides is 1. The van der Waals surface area contributed by atoms with Crippen molar-refractivity contribution >= 4 is 23.5 Å². The van der Waals surface area contributed by atoms with E-state index in [-0.39, 0.29) is 5.91 Å². The summed E-state index contributed by atoms with van der Waals surface area (Å²) in [5.74, 6) is 0.742. The first-order valence-electron chi connectivity index (χ1n) is 8.50. The van der Waals surface area contributed by atoms with Crippen molar-refractivity contribution in [1.29, 1.82) is 0 Å². The van der Waals surface area contributed by atoms with E-state index in [1.165, 1.54) is 11.8 Å². The highest BCUT2D eigenvalue weighted by molar-refractivity contribution is 8.00. The predicted octanol–water partition coefficient (Wildman–Crippen LogP) is 3.43. The molecule has 8 nitrogen and oxygen atoms in total. The van der Waals surface area contributed by atoms with Crippen LogP contribution in [-0.2, 0) is 4.79 Å². The van der Waals surface area contributed by atoms with Gasteiger partial charge in [-0.3, -0.25) is 4.79 Å². The van der Waals surface area contributed by atoms with Crippen LogP contribution >= 0.6 is 11.8 Å². The second-order valence-corrected chi connectivity index (χ2v) is 7.00. The molecule has 0 saturated heterocycles. The minimum atomic E-state index is -0.577. The standard InChI is InChI=1S/C19H16N6O2S/c1-13-12-16(22-27-13)20-18(26)17(14-8-4-2-5-9-14)28-19-21-23-24-25(19)15-10-6-3-7-11-15/h2-12,17H,1H3,(H,20,22,26). The van der Waals surface area contributed by atoms with E-state index in [0.717, 1.165) is 11.3 Å². The molecule has 2 heterocycles. The minimum Gasteiger partial charge on any atom is -0.360 e. The van der Waals surface area contributed by atoms with Gasteiger partial charge in [0.05, 0.1) is 5.69 Å². The third-order valence-electron chi connectivity index (χ3n) is 3.88. The Morgan fingerprint density at radius 2 is 1.82 bits per heavy atom. The molecule has 0 bridgehead atoms. The van der Waals surface area contributed by atoms with Crippen LogP contribution in [0, 0.1) is 6.92 Å². The first-order valence-corrected chi connectivity index (χ1v) is 9.38. The van der Waals surface area contributed by atoms with E-state index in [1.54, 1.807) is 17.7 Å². The molecular weight excluding hydrogens is 376 g/mol. The maximum Gasteiger partial charge on any atom is 0.243 e. The minimum absolute atomic E-state index is 0.243. The number of hydrogen-bond donors (Lipinski definition) is 1. The molecular formula is C19H16N6O2S. The Balaban J connectivity index is 1.64. The largest absolute Gasteiger partial charge is 0.360 e. The SMILES string of the molecule is Cc1cc(NC(=O)C(Sc2nnnn2-c2ccccc2)c2ccccc2)no1. The van der Waals surface area contributed by atoms with Gasteiger partial charge in [0.1, 0.15) is 11.0 Å². The number of thioether (sulfide) groups is 1. The summed E-state index contributed by atoms with van der Waals surface area (Å²) in [6.07, 6.45) is 0. The van der Waals surface area contributed by atoms with Crippen LogP contribution in [0.1, 0.15) is 16.6 Å². The fourth-order valence-electron chi connectivity index (χ4n) is 2.61. The molecule has 4 aromatic rings. The number of anilines is 1. The molecule has 1 amide bonds. The van der Waals surface area contributed by atoms with Gasteiger partial charge >= 0.3 is 0 Å². The molecule has 9 heteroatoms. The Labute approximate surface area is 164 Å². The Kier molecular flexibility index (Phi) is 5.16. The molecule has 0 aliphatic heterocycles. The molecule has 140 valence electrons.